The Balaban J connectivity index is 1.89. The van der Waals surface area contributed by atoms with Gasteiger partial charge in [-0.05, 0) is 42.5 Å². The Labute approximate surface area is 154 Å². The van der Waals surface area contributed by atoms with Crippen LogP contribution in [0.4, 0.5) is 13.2 Å². The number of nitrogens with one attached hydrogen (secondary N) is 1. The number of alkyl halides is 3. The lowest BCUT2D eigenvalue weighted by atomic mass is 10.2. The fraction of sp³-hybridized carbons (Fsp3) is 0.0588. The summed E-state index contributed by atoms with van der Waals surface area (Å²) in [6.45, 7) is 0. The first-order valence-electron chi connectivity index (χ1n) is 7.15. The highest BCUT2D eigenvalue weighted by atomic mass is 35.5. The van der Waals surface area contributed by atoms with Crippen molar-refractivity contribution in [2.75, 3.05) is 0 Å². The van der Waals surface area contributed by atoms with Gasteiger partial charge in [-0.25, -0.2) is 4.79 Å². The van der Waals surface area contributed by atoms with Gasteiger partial charge in [-0.15, -0.1) is 0 Å². The monoisotopic (exact) mass is 400 g/mol. The molecule has 3 aromatic rings. The molecular weight excluding hydrogens is 392 g/mol. The number of aromatic nitrogens is 2. The van der Waals surface area contributed by atoms with Gasteiger partial charge in [0.05, 0.1) is 15.7 Å². The zero-order valence-corrected chi connectivity index (χ0v) is 14.3. The van der Waals surface area contributed by atoms with E-state index in [1.807, 2.05) is 0 Å². The molecule has 0 radical (unpaired) electrons. The van der Waals surface area contributed by atoms with Crippen molar-refractivity contribution in [3.05, 3.63) is 74.1 Å². The van der Waals surface area contributed by atoms with Crippen molar-refractivity contribution >= 4 is 35.4 Å². The van der Waals surface area contributed by atoms with Gasteiger partial charge in [-0.2, -0.15) is 18.2 Å². The number of H-pyrrole nitrogens is 1. The first-order valence-corrected chi connectivity index (χ1v) is 7.90. The summed E-state index contributed by atoms with van der Waals surface area (Å²) >= 11 is 12.1. The van der Waals surface area contributed by atoms with Gasteiger partial charge in [-0.3, -0.25) is 0 Å². The Morgan fingerprint density at radius 1 is 1.12 bits per heavy atom. The minimum atomic E-state index is -4.67. The molecule has 3 rings (SSSR count). The Morgan fingerprint density at radius 3 is 2.62 bits per heavy atom. The van der Waals surface area contributed by atoms with E-state index in [0.717, 1.165) is 6.07 Å². The smallest absolute Gasteiger partial charge is 0.431 e. The highest BCUT2D eigenvalue weighted by Gasteiger charge is 2.32. The molecule has 0 atom stereocenters. The van der Waals surface area contributed by atoms with Crippen molar-refractivity contribution in [2.24, 2.45) is 0 Å². The summed E-state index contributed by atoms with van der Waals surface area (Å²) in [4.78, 5) is 16.4. The Hall–Kier alpha value is -2.51. The van der Waals surface area contributed by atoms with Gasteiger partial charge in [0.2, 0.25) is 0 Å². The molecule has 134 valence electrons. The average molecular weight is 401 g/mol. The molecule has 0 aliphatic carbocycles. The van der Waals surface area contributed by atoms with E-state index in [1.165, 1.54) is 12.2 Å². The van der Waals surface area contributed by atoms with E-state index in [2.05, 4.69) is 4.98 Å². The molecule has 1 N–H and O–H groups in total. The predicted octanol–water partition coefficient (Wildman–Crippen LogP) is 5.53. The van der Waals surface area contributed by atoms with Crippen LogP contribution >= 0.6 is 23.2 Å². The maximum absolute atomic E-state index is 12.7. The van der Waals surface area contributed by atoms with Crippen LogP contribution in [0.15, 0.2) is 45.6 Å². The van der Waals surface area contributed by atoms with Gasteiger partial charge in [0.15, 0.2) is 0 Å². The fourth-order valence-electron chi connectivity index (χ4n) is 2.16. The highest BCUT2D eigenvalue weighted by molar-refractivity contribution is 6.43. The largest absolute Gasteiger partial charge is 0.457 e. The minimum Gasteiger partial charge on any atom is -0.457 e. The van der Waals surface area contributed by atoms with E-state index in [0.29, 0.717) is 27.1 Å². The van der Waals surface area contributed by atoms with Crippen LogP contribution < -0.4 is 5.69 Å². The van der Waals surface area contributed by atoms with E-state index >= 15 is 0 Å². The second kappa shape index (κ2) is 7.01. The lowest BCUT2D eigenvalue weighted by molar-refractivity contribution is -0.141. The van der Waals surface area contributed by atoms with Crippen LogP contribution in [0.1, 0.15) is 17.1 Å². The van der Waals surface area contributed by atoms with Gasteiger partial charge in [0.25, 0.3) is 0 Å². The third kappa shape index (κ3) is 4.00. The Morgan fingerprint density at radius 2 is 1.88 bits per heavy atom. The number of nitrogens with zero attached hydrogens (tertiary/aromatic N) is 1. The third-order valence-corrected chi connectivity index (χ3v) is 4.15. The summed E-state index contributed by atoms with van der Waals surface area (Å²) in [5, 5.41) is 0.690. The van der Waals surface area contributed by atoms with Gasteiger partial charge in [0, 0.05) is 5.56 Å². The van der Waals surface area contributed by atoms with Crippen molar-refractivity contribution in [1.29, 1.82) is 0 Å². The summed E-state index contributed by atoms with van der Waals surface area (Å²) in [7, 11) is 0. The zero-order chi connectivity index (χ0) is 18.9. The molecule has 1 aromatic carbocycles. The number of hydrogen-bond acceptors (Lipinski definition) is 3. The van der Waals surface area contributed by atoms with Gasteiger partial charge in [-0.1, -0.05) is 29.3 Å². The van der Waals surface area contributed by atoms with Gasteiger partial charge < -0.3 is 9.40 Å². The lowest BCUT2D eigenvalue weighted by Crippen LogP contribution is -2.19. The van der Waals surface area contributed by atoms with Crippen LogP contribution in [-0.4, -0.2) is 9.97 Å². The quantitative estimate of drug-likeness (QED) is 0.628. The Kier molecular flexibility index (Phi) is 4.93. The first kappa shape index (κ1) is 18.3. The zero-order valence-electron chi connectivity index (χ0n) is 12.8. The summed E-state index contributed by atoms with van der Waals surface area (Å²) < 4.78 is 43.7. The number of furan rings is 1. The standard InChI is InChI=1S/C17H9Cl2F3N2O2/c18-12-3-1-2-11(15(12)19)13-7-6-10(26-13)5-4-9-8-14(17(20,21)22)24-16(25)23-9/h1-8H,(H,23,24,25). The number of halogens is 5. The molecule has 4 nitrogen and oxygen atoms in total. The molecule has 0 spiro atoms. The number of aromatic amines is 1. The number of benzene rings is 1. The van der Waals surface area contributed by atoms with E-state index in [-0.39, 0.29) is 5.69 Å². The van der Waals surface area contributed by atoms with E-state index in [9.17, 15) is 18.0 Å². The minimum absolute atomic E-state index is 0.153. The van der Waals surface area contributed by atoms with Crippen LogP contribution in [0, 0.1) is 0 Å². The molecule has 0 saturated carbocycles. The molecule has 26 heavy (non-hydrogen) atoms. The average Bonchev–Trinajstić information content (AvgIpc) is 3.03. The number of hydrogen-bond donors (Lipinski definition) is 1. The van der Waals surface area contributed by atoms with E-state index in [4.69, 9.17) is 27.6 Å². The molecule has 0 aliphatic rings. The summed E-state index contributed by atoms with van der Waals surface area (Å²) in [6.07, 6.45) is -2.04. The summed E-state index contributed by atoms with van der Waals surface area (Å²) in [6, 6.07) is 9.03. The van der Waals surface area contributed by atoms with Crippen LogP contribution in [0.25, 0.3) is 23.5 Å². The van der Waals surface area contributed by atoms with Crippen LogP contribution in [0.2, 0.25) is 10.0 Å². The molecular formula is C17H9Cl2F3N2O2. The normalized spacial score (nSPS) is 12.0. The second-order valence-electron chi connectivity index (χ2n) is 5.16. The fourth-order valence-corrected chi connectivity index (χ4v) is 2.56. The maximum Gasteiger partial charge on any atom is 0.431 e. The molecule has 0 saturated heterocycles. The molecule has 2 aromatic heterocycles. The molecule has 0 amide bonds. The lowest BCUT2D eigenvalue weighted by Gasteiger charge is -2.05. The van der Waals surface area contributed by atoms with Gasteiger partial charge in [0.1, 0.15) is 17.2 Å². The summed E-state index contributed by atoms with van der Waals surface area (Å²) in [5.41, 5.74) is -1.85. The SMILES string of the molecule is O=c1nc(C=Cc2ccc(-c3cccc(Cl)c3Cl)o2)cc(C(F)(F)F)[nH]1. The van der Waals surface area contributed by atoms with E-state index < -0.39 is 17.6 Å². The van der Waals surface area contributed by atoms with Crippen LogP contribution in [-0.2, 0) is 6.18 Å². The van der Waals surface area contributed by atoms with E-state index in [1.54, 1.807) is 35.3 Å². The highest BCUT2D eigenvalue weighted by Crippen LogP contribution is 2.34. The van der Waals surface area contributed by atoms with Crippen LogP contribution in [0.5, 0.6) is 0 Å². The molecule has 0 bridgehead atoms. The summed E-state index contributed by atoms with van der Waals surface area (Å²) in [5.74, 6) is 0.777. The molecule has 0 unspecified atom stereocenters. The molecule has 0 aliphatic heterocycles. The third-order valence-electron chi connectivity index (χ3n) is 3.33. The maximum atomic E-state index is 12.7. The van der Waals surface area contributed by atoms with Crippen molar-refractivity contribution in [3.8, 4) is 11.3 Å². The first-order chi connectivity index (χ1) is 12.2. The van der Waals surface area contributed by atoms with Crippen molar-refractivity contribution in [1.82, 2.24) is 9.97 Å². The van der Waals surface area contributed by atoms with Crippen molar-refractivity contribution in [3.63, 3.8) is 0 Å². The van der Waals surface area contributed by atoms with Gasteiger partial charge >= 0.3 is 11.9 Å². The van der Waals surface area contributed by atoms with Crippen molar-refractivity contribution < 1.29 is 17.6 Å². The topological polar surface area (TPSA) is 58.9 Å². The number of rotatable bonds is 3. The second-order valence-corrected chi connectivity index (χ2v) is 5.94. The van der Waals surface area contributed by atoms with Crippen LogP contribution in [0.3, 0.4) is 0 Å². The molecule has 9 heteroatoms. The van der Waals surface area contributed by atoms with Crippen molar-refractivity contribution in [2.45, 2.75) is 6.18 Å². The molecule has 2 heterocycles. The Bertz CT molecular complexity index is 1040. The predicted molar refractivity (Wildman–Crippen MR) is 93.0 cm³/mol. The molecule has 0 fully saturated rings.